The maximum Gasteiger partial charge on any atom is 0.142 e. The average Bonchev–Trinajstić information content (AvgIpc) is 2.81. The molecule has 2 heterocycles. The third kappa shape index (κ3) is 1.76. The number of rotatable bonds is 2. The molecule has 18 heavy (non-hydrogen) atoms. The molecule has 1 N–H and O–H groups in total. The Morgan fingerprint density at radius 3 is 2.67 bits per heavy atom. The van der Waals surface area contributed by atoms with Gasteiger partial charge in [-0.2, -0.15) is 0 Å². The first-order chi connectivity index (χ1) is 8.79. The zero-order valence-corrected chi connectivity index (χ0v) is 11.2. The molecule has 0 fully saturated rings. The molecule has 2 aromatic heterocycles. The van der Waals surface area contributed by atoms with Crippen LogP contribution in [0.1, 0.15) is 0 Å². The molecule has 0 atom stereocenters. The summed E-state index contributed by atoms with van der Waals surface area (Å²) in [7, 11) is 1.65. The van der Waals surface area contributed by atoms with Crippen molar-refractivity contribution in [1.82, 2.24) is 15.0 Å². The highest BCUT2D eigenvalue weighted by atomic mass is 79.9. The first-order valence-corrected chi connectivity index (χ1v) is 6.21. The number of nitrogens with one attached hydrogen (secondary N) is 1. The van der Waals surface area contributed by atoms with Gasteiger partial charge in [0.15, 0.2) is 0 Å². The number of H-pyrrole nitrogens is 1. The van der Waals surface area contributed by atoms with Gasteiger partial charge in [0.1, 0.15) is 17.7 Å². The summed E-state index contributed by atoms with van der Waals surface area (Å²) < 4.78 is 6.12. The first-order valence-electron chi connectivity index (χ1n) is 5.41. The first kappa shape index (κ1) is 11.2. The number of halogens is 1. The largest absolute Gasteiger partial charge is 0.497 e. The lowest BCUT2D eigenvalue weighted by atomic mass is 10.1. The third-order valence-electron chi connectivity index (χ3n) is 2.79. The van der Waals surface area contributed by atoms with E-state index in [1.54, 1.807) is 13.4 Å². The summed E-state index contributed by atoms with van der Waals surface area (Å²) in [6.07, 6.45) is 3.43. The molecule has 0 radical (unpaired) electrons. The number of aromatic amines is 1. The number of fused-ring (bicyclic) bond motifs is 1. The van der Waals surface area contributed by atoms with Crippen molar-refractivity contribution in [2.45, 2.75) is 0 Å². The van der Waals surface area contributed by atoms with E-state index in [0.717, 1.165) is 32.5 Å². The van der Waals surface area contributed by atoms with Crippen molar-refractivity contribution in [2.24, 2.45) is 0 Å². The molecule has 0 saturated heterocycles. The second-order valence-corrected chi connectivity index (χ2v) is 4.67. The summed E-state index contributed by atoms with van der Waals surface area (Å²) in [5, 5.41) is 0.989. The maximum absolute atomic E-state index is 5.15. The van der Waals surface area contributed by atoms with Gasteiger partial charge < -0.3 is 9.72 Å². The summed E-state index contributed by atoms with van der Waals surface area (Å²) >= 11 is 3.51. The molecular formula is C13H10BrN3O. The Balaban J connectivity index is 2.21. The van der Waals surface area contributed by atoms with Crippen molar-refractivity contribution < 1.29 is 4.74 Å². The molecular weight excluding hydrogens is 294 g/mol. The van der Waals surface area contributed by atoms with Gasteiger partial charge in [-0.3, -0.25) is 0 Å². The average molecular weight is 304 g/mol. The molecule has 0 saturated carbocycles. The Kier molecular flexibility index (Phi) is 2.76. The number of nitrogens with zero attached hydrogens (tertiary/aromatic N) is 2. The predicted octanol–water partition coefficient (Wildman–Crippen LogP) is 3.40. The lowest BCUT2D eigenvalue weighted by Crippen LogP contribution is -1.88. The fraction of sp³-hybridized carbons (Fsp3) is 0.0769. The Morgan fingerprint density at radius 2 is 1.94 bits per heavy atom. The van der Waals surface area contributed by atoms with Gasteiger partial charge >= 0.3 is 0 Å². The fourth-order valence-electron chi connectivity index (χ4n) is 1.89. The molecule has 0 unspecified atom stereocenters. The highest BCUT2D eigenvalue weighted by Crippen LogP contribution is 2.31. The van der Waals surface area contributed by atoms with E-state index in [1.165, 1.54) is 0 Å². The lowest BCUT2D eigenvalue weighted by Gasteiger charge is -2.04. The van der Waals surface area contributed by atoms with Gasteiger partial charge in [0.25, 0.3) is 0 Å². The molecule has 0 aliphatic heterocycles. The number of hydrogen-bond donors (Lipinski definition) is 1. The van der Waals surface area contributed by atoms with E-state index in [-0.39, 0.29) is 0 Å². The van der Waals surface area contributed by atoms with Crippen LogP contribution in [-0.4, -0.2) is 22.1 Å². The SMILES string of the molecule is COc1ccc(-c2ncnc3[nH]cc(Br)c23)cc1. The van der Waals surface area contributed by atoms with Crippen LogP contribution in [-0.2, 0) is 0 Å². The summed E-state index contributed by atoms with van der Waals surface area (Å²) in [6.45, 7) is 0. The van der Waals surface area contributed by atoms with Gasteiger partial charge in [-0.25, -0.2) is 9.97 Å². The van der Waals surface area contributed by atoms with Crippen molar-refractivity contribution in [1.29, 1.82) is 0 Å². The Bertz CT molecular complexity index is 691. The quantitative estimate of drug-likeness (QED) is 0.789. The summed E-state index contributed by atoms with van der Waals surface area (Å²) in [5.41, 5.74) is 2.75. The van der Waals surface area contributed by atoms with Crippen LogP contribution in [0.25, 0.3) is 22.3 Å². The van der Waals surface area contributed by atoms with Gasteiger partial charge in [-0.1, -0.05) is 0 Å². The fourth-order valence-corrected chi connectivity index (χ4v) is 2.38. The zero-order valence-electron chi connectivity index (χ0n) is 9.64. The Labute approximate surface area is 112 Å². The molecule has 0 spiro atoms. The molecule has 0 bridgehead atoms. The van der Waals surface area contributed by atoms with E-state index < -0.39 is 0 Å². The second kappa shape index (κ2) is 4.42. The maximum atomic E-state index is 5.15. The molecule has 4 nitrogen and oxygen atoms in total. The highest BCUT2D eigenvalue weighted by molar-refractivity contribution is 9.10. The molecule has 0 aliphatic carbocycles. The zero-order chi connectivity index (χ0) is 12.5. The Morgan fingerprint density at radius 1 is 1.17 bits per heavy atom. The van der Waals surface area contributed by atoms with Crippen LogP contribution in [0.2, 0.25) is 0 Å². The predicted molar refractivity (Wildman–Crippen MR) is 73.6 cm³/mol. The number of methoxy groups -OCH3 is 1. The van der Waals surface area contributed by atoms with Crippen LogP contribution in [0.15, 0.2) is 41.3 Å². The van der Waals surface area contributed by atoms with Crippen molar-refractivity contribution in [2.75, 3.05) is 7.11 Å². The molecule has 90 valence electrons. The van der Waals surface area contributed by atoms with E-state index in [9.17, 15) is 0 Å². The van der Waals surface area contributed by atoms with E-state index in [2.05, 4.69) is 30.9 Å². The van der Waals surface area contributed by atoms with Gasteiger partial charge in [-0.05, 0) is 40.2 Å². The standard InChI is InChI=1S/C13H10BrN3O/c1-18-9-4-2-8(3-5-9)12-11-10(14)6-15-13(11)17-7-16-12/h2-7H,1H3,(H,15,16,17). The number of hydrogen-bond acceptors (Lipinski definition) is 3. The molecule has 3 aromatic rings. The van der Waals surface area contributed by atoms with Crippen molar-refractivity contribution in [3.63, 3.8) is 0 Å². The minimum Gasteiger partial charge on any atom is -0.497 e. The van der Waals surface area contributed by atoms with Crippen LogP contribution in [0.5, 0.6) is 5.75 Å². The smallest absolute Gasteiger partial charge is 0.142 e. The van der Waals surface area contributed by atoms with E-state index >= 15 is 0 Å². The molecule has 3 rings (SSSR count). The van der Waals surface area contributed by atoms with Gasteiger partial charge in [0.2, 0.25) is 0 Å². The van der Waals surface area contributed by atoms with Crippen molar-refractivity contribution in [3.8, 4) is 17.0 Å². The lowest BCUT2D eigenvalue weighted by molar-refractivity contribution is 0.415. The minimum atomic E-state index is 0.822. The molecule has 1 aromatic carbocycles. The van der Waals surface area contributed by atoms with Crippen LogP contribution >= 0.6 is 15.9 Å². The van der Waals surface area contributed by atoms with Gasteiger partial charge in [0.05, 0.1) is 18.2 Å². The molecule has 0 aliphatic rings. The van der Waals surface area contributed by atoms with Crippen LogP contribution in [0.3, 0.4) is 0 Å². The summed E-state index contributed by atoms with van der Waals surface area (Å²) in [5.74, 6) is 0.831. The summed E-state index contributed by atoms with van der Waals surface area (Å²) in [4.78, 5) is 11.7. The second-order valence-electron chi connectivity index (χ2n) is 3.81. The van der Waals surface area contributed by atoms with Crippen LogP contribution < -0.4 is 4.74 Å². The van der Waals surface area contributed by atoms with E-state index in [1.807, 2.05) is 30.5 Å². The van der Waals surface area contributed by atoms with Gasteiger partial charge in [0, 0.05) is 16.2 Å². The summed E-state index contributed by atoms with van der Waals surface area (Å²) in [6, 6.07) is 7.81. The number of benzene rings is 1. The van der Waals surface area contributed by atoms with E-state index in [4.69, 9.17) is 4.74 Å². The third-order valence-corrected chi connectivity index (χ3v) is 3.41. The monoisotopic (exact) mass is 303 g/mol. The van der Waals surface area contributed by atoms with E-state index in [0.29, 0.717) is 0 Å². The minimum absolute atomic E-state index is 0.822. The van der Waals surface area contributed by atoms with Crippen LogP contribution in [0.4, 0.5) is 0 Å². The molecule has 0 amide bonds. The van der Waals surface area contributed by atoms with Gasteiger partial charge in [-0.15, -0.1) is 0 Å². The Hall–Kier alpha value is -1.88. The van der Waals surface area contributed by atoms with Crippen molar-refractivity contribution in [3.05, 3.63) is 41.3 Å². The molecule has 5 heteroatoms. The number of aromatic nitrogens is 3. The normalized spacial score (nSPS) is 10.8. The van der Waals surface area contributed by atoms with Crippen LogP contribution in [0, 0.1) is 0 Å². The number of ether oxygens (including phenoxy) is 1. The topological polar surface area (TPSA) is 50.8 Å². The van der Waals surface area contributed by atoms with Crippen molar-refractivity contribution >= 4 is 27.0 Å². The highest BCUT2D eigenvalue weighted by Gasteiger charge is 2.10.